The zero-order valence-electron chi connectivity index (χ0n) is 18.8. The number of halogens is 1. The lowest BCUT2D eigenvalue weighted by Gasteiger charge is -2.40. The Bertz CT molecular complexity index is 975. The minimum absolute atomic E-state index is 0.0801. The first-order valence-corrected chi connectivity index (χ1v) is 12.2. The molecule has 6 nitrogen and oxygen atoms in total. The monoisotopic (exact) mass is 453 g/mol. The number of hydrogen-bond donors (Lipinski definition) is 1. The van der Waals surface area contributed by atoms with Crippen LogP contribution in [0.4, 0.5) is 4.79 Å². The van der Waals surface area contributed by atoms with Crippen molar-refractivity contribution in [2.75, 3.05) is 46.3 Å². The zero-order valence-corrected chi connectivity index (χ0v) is 19.5. The molecule has 5 rings (SSSR count). The molecule has 2 amide bonds. The number of piperidine rings is 1. The highest BCUT2D eigenvalue weighted by atomic mass is 35.5. The largest absolute Gasteiger partial charge is 0.334 e. The Morgan fingerprint density at radius 2 is 1.91 bits per heavy atom. The Morgan fingerprint density at radius 1 is 1.09 bits per heavy atom. The summed E-state index contributed by atoms with van der Waals surface area (Å²) >= 11 is 6.33. The van der Waals surface area contributed by atoms with Crippen LogP contribution in [0.1, 0.15) is 41.3 Å². The van der Waals surface area contributed by atoms with Crippen molar-refractivity contribution in [3.05, 3.63) is 63.9 Å². The average Bonchev–Trinajstić information content (AvgIpc) is 2.96. The van der Waals surface area contributed by atoms with Gasteiger partial charge in [0.25, 0.3) is 0 Å². The number of likely N-dealkylation sites (tertiary alicyclic amines) is 1. The van der Waals surface area contributed by atoms with Gasteiger partial charge in [0.2, 0.25) is 0 Å². The predicted octanol–water partition coefficient (Wildman–Crippen LogP) is 3.34. The number of fused-ring (bicyclic) bond motifs is 2. The van der Waals surface area contributed by atoms with Crippen LogP contribution in [0, 0.1) is 0 Å². The molecule has 1 aromatic carbocycles. The molecule has 0 radical (unpaired) electrons. The van der Waals surface area contributed by atoms with Gasteiger partial charge in [0.15, 0.2) is 0 Å². The van der Waals surface area contributed by atoms with Crippen molar-refractivity contribution in [3.63, 3.8) is 0 Å². The fraction of sp³-hybridized carbons (Fsp3) is 0.520. The number of aromatic nitrogens is 1. The summed E-state index contributed by atoms with van der Waals surface area (Å²) in [5, 5.41) is 4.05. The number of hydrogen-bond acceptors (Lipinski definition) is 4. The lowest BCUT2D eigenvalue weighted by Crippen LogP contribution is -2.56. The van der Waals surface area contributed by atoms with Crippen molar-refractivity contribution < 1.29 is 4.79 Å². The molecule has 1 aliphatic carbocycles. The van der Waals surface area contributed by atoms with E-state index in [1.54, 1.807) is 0 Å². The van der Waals surface area contributed by atoms with E-state index in [1.165, 1.54) is 16.7 Å². The number of nitrogens with one attached hydrogen (secondary N) is 1. The van der Waals surface area contributed by atoms with Gasteiger partial charge in [-0.1, -0.05) is 23.7 Å². The first kappa shape index (κ1) is 21.7. The molecule has 1 aromatic heterocycles. The van der Waals surface area contributed by atoms with E-state index in [2.05, 4.69) is 40.4 Å². The third-order valence-corrected chi connectivity index (χ3v) is 7.40. The molecule has 2 unspecified atom stereocenters. The average molecular weight is 454 g/mol. The molecular weight excluding hydrogens is 422 g/mol. The Morgan fingerprint density at radius 3 is 2.72 bits per heavy atom. The lowest BCUT2D eigenvalue weighted by molar-refractivity contribution is 0.114. The van der Waals surface area contributed by atoms with Gasteiger partial charge in [0, 0.05) is 50.0 Å². The molecule has 2 saturated heterocycles. The van der Waals surface area contributed by atoms with E-state index >= 15 is 0 Å². The molecular formula is C25H32ClN5O. The molecule has 2 aliphatic heterocycles. The fourth-order valence-electron chi connectivity index (χ4n) is 5.49. The quantitative estimate of drug-likeness (QED) is 0.757. The topological polar surface area (TPSA) is 51.7 Å². The highest BCUT2D eigenvalue weighted by Crippen LogP contribution is 2.37. The third-order valence-electron chi connectivity index (χ3n) is 7.17. The number of amides is 2. The van der Waals surface area contributed by atoms with E-state index < -0.39 is 0 Å². The van der Waals surface area contributed by atoms with Crippen LogP contribution < -0.4 is 5.32 Å². The number of urea groups is 1. The van der Waals surface area contributed by atoms with E-state index in [4.69, 9.17) is 16.6 Å². The summed E-state index contributed by atoms with van der Waals surface area (Å²) in [4.78, 5) is 24.5. The lowest BCUT2D eigenvalue weighted by atomic mass is 9.96. The fourth-order valence-corrected chi connectivity index (χ4v) is 5.68. The summed E-state index contributed by atoms with van der Waals surface area (Å²) in [6.45, 7) is 5.19. The smallest absolute Gasteiger partial charge is 0.317 e. The molecule has 32 heavy (non-hydrogen) atoms. The van der Waals surface area contributed by atoms with E-state index in [-0.39, 0.29) is 18.1 Å². The predicted molar refractivity (Wildman–Crippen MR) is 127 cm³/mol. The van der Waals surface area contributed by atoms with Crippen LogP contribution in [-0.4, -0.2) is 78.1 Å². The summed E-state index contributed by atoms with van der Waals surface area (Å²) in [7, 11) is 2.13. The first-order valence-electron chi connectivity index (χ1n) is 11.8. The number of piperazine rings is 1. The third kappa shape index (κ3) is 4.49. The van der Waals surface area contributed by atoms with Crippen molar-refractivity contribution in [3.8, 4) is 0 Å². The number of nitrogens with zero attached hydrogens (tertiary/aromatic N) is 4. The van der Waals surface area contributed by atoms with Crippen LogP contribution in [-0.2, 0) is 12.8 Å². The second-order valence-electron chi connectivity index (χ2n) is 9.37. The van der Waals surface area contributed by atoms with Crippen LogP contribution in [0.25, 0.3) is 0 Å². The summed E-state index contributed by atoms with van der Waals surface area (Å²) in [5.74, 6) is 0. The van der Waals surface area contributed by atoms with Gasteiger partial charge in [-0.3, -0.25) is 9.88 Å². The summed E-state index contributed by atoms with van der Waals surface area (Å²) < 4.78 is 0. The molecule has 0 spiro atoms. The van der Waals surface area contributed by atoms with Crippen LogP contribution in [0.15, 0.2) is 36.5 Å². The molecule has 3 heterocycles. The molecule has 0 bridgehead atoms. The van der Waals surface area contributed by atoms with Crippen molar-refractivity contribution in [1.82, 2.24) is 25.0 Å². The Kier molecular flexibility index (Phi) is 6.35. The zero-order chi connectivity index (χ0) is 22.1. The van der Waals surface area contributed by atoms with Crippen LogP contribution >= 0.6 is 11.6 Å². The van der Waals surface area contributed by atoms with E-state index in [1.807, 2.05) is 23.2 Å². The van der Waals surface area contributed by atoms with Crippen LogP contribution in [0.5, 0.6) is 0 Å². The number of carbonyl (C=O) groups is 1. The van der Waals surface area contributed by atoms with Gasteiger partial charge in [0.05, 0.1) is 11.7 Å². The minimum Gasteiger partial charge on any atom is -0.334 e. The molecule has 2 fully saturated rings. The molecule has 2 atom stereocenters. The highest BCUT2D eigenvalue weighted by Gasteiger charge is 2.33. The summed E-state index contributed by atoms with van der Waals surface area (Å²) in [5.41, 5.74) is 5.07. The number of aryl methyl sites for hydroxylation is 2. The Labute approximate surface area is 195 Å². The standard InChI is InChI=1S/C25H32ClN5O/c1-29-11-3-5-21(17-29)28-25(32)31-14-12-30(13-15-31)24-22-9-8-20(26)16-19(22)7-6-18-4-2-10-27-23(18)24/h2,4,8-10,16,21,24H,3,5-7,11-15,17H2,1H3,(H,28,32). The van der Waals surface area contributed by atoms with Crippen molar-refractivity contribution in [1.29, 1.82) is 0 Å². The second-order valence-corrected chi connectivity index (χ2v) is 9.80. The highest BCUT2D eigenvalue weighted by molar-refractivity contribution is 6.30. The van der Waals surface area contributed by atoms with Gasteiger partial charge < -0.3 is 15.1 Å². The van der Waals surface area contributed by atoms with Gasteiger partial charge in [-0.25, -0.2) is 4.79 Å². The summed E-state index contributed by atoms with van der Waals surface area (Å²) in [6, 6.07) is 11.0. The van der Waals surface area contributed by atoms with Crippen LogP contribution in [0.2, 0.25) is 5.02 Å². The number of pyridine rings is 1. The number of rotatable bonds is 2. The molecule has 1 N–H and O–H groups in total. The van der Waals surface area contributed by atoms with Gasteiger partial charge in [-0.2, -0.15) is 0 Å². The van der Waals surface area contributed by atoms with Crippen LogP contribution in [0.3, 0.4) is 0 Å². The summed E-state index contributed by atoms with van der Waals surface area (Å²) in [6.07, 6.45) is 6.07. The van der Waals surface area contributed by atoms with Gasteiger partial charge in [0.1, 0.15) is 0 Å². The van der Waals surface area contributed by atoms with Crippen molar-refractivity contribution in [2.24, 2.45) is 0 Å². The normalized spacial score (nSPS) is 24.4. The van der Waals surface area contributed by atoms with Gasteiger partial charge >= 0.3 is 6.03 Å². The molecule has 170 valence electrons. The van der Waals surface area contributed by atoms with Gasteiger partial charge in [-0.15, -0.1) is 0 Å². The first-order chi connectivity index (χ1) is 15.6. The number of benzene rings is 1. The van der Waals surface area contributed by atoms with Gasteiger partial charge in [-0.05, 0) is 74.2 Å². The van der Waals surface area contributed by atoms with E-state index in [9.17, 15) is 4.79 Å². The maximum atomic E-state index is 12.9. The second kappa shape index (κ2) is 9.38. The molecule has 2 aromatic rings. The number of carbonyl (C=O) groups excluding carboxylic acids is 1. The van der Waals surface area contributed by atoms with E-state index in [0.717, 1.165) is 75.7 Å². The van der Waals surface area contributed by atoms with Crippen molar-refractivity contribution >= 4 is 17.6 Å². The Balaban J connectivity index is 1.31. The Hall–Kier alpha value is -2.15. The number of likely N-dealkylation sites (N-methyl/N-ethyl adjacent to an activating group) is 1. The van der Waals surface area contributed by atoms with Crippen molar-refractivity contribution in [2.45, 2.75) is 37.8 Å². The SMILES string of the molecule is CN1CCCC(NC(=O)N2CCN(C3c4ccc(Cl)cc4CCc4cccnc43)CC2)C1. The van der Waals surface area contributed by atoms with E-state index in [0.29, 0.717) is 0 Å². The maximum absolute atomic E-state index is 12.9. The maximum Gasteiger partial charge on any atom is 0.317 e. The molecule has 7 heteroatoms. The molecule has 3 aliphatic rings. The minimum atomic E-state index is 0.0801. The molecule has 0 saturated carbocycles.